The van der Waals surface area contributed by atoms with E-state index in [1.165, 1.54) is 23.2 Å². The molecule has 1 aliphatic heterocycles. The van der Waals surface area contributed by atoms with Crippen molar-refractivity contribution in [2.75, 3.05) is 13.1 Å². The van der Waals surface area contributed by atoms with Crippen LogP contribution in [0.2, 0.25) is 0 Å². The van der Waals surface area contributed by atoms with Crippen molar-refractivity contribution in [2.24, 2.45) is 0 Å². The van der Waals surface area contributed by atoms with Crippen molar-refractivity contribution >= 4 is 11.0 Å². The highest BCUT2D eigenvalue weighted by atomic mass is 15.1. The monoisotopic (exact) mass is 317 g/mol. The topological polar surface area (TPSA) is 29.0 Å². The fraction of sp³-hybridized carbons (Fsp3) is 0.333. The number of fused-ring (bicyclic) bond motifs is 2. The fourth-order valence-corrected chi connectivity index (χ4v) is 3.51. The number of aryl methyl sites for hydroxylation is 2. The lowest BCUT2D eigenvalue weighted by Gasteiger charge is -2.28. The lowest BCUT2D eigenvalue weighted by molar-refractivity contribution is 0.249. The van der Waals surface area contributed by atoms with Gasteiger partial charge in [0, 0.05) is 36.3 Å². The number of hydrogen-bond donors (Lipinski definition) is 0. The van der Waals surface area contributed by atoms with E-state index in [1.807, 2.05) is 6.92 Å². The maximum absolute atomic E-state index is 4.80. The van der Waals surface area contributed by atoms with Crippen LogP contribution in [-0.4, -0.2) is 28.0 Å². The van der Waals surface area contributed by atoms with Gasteiger partial charge in [-0.3, -0.25) is 4.90 Å². The summed E-state index contributed by atoms with van der Waals surface area (Å²) < 4.78 is 0. The van der Waals surface area contributed by atoms with Crippen LogP contribution < -0.4 is 0 Å². The van der Waals surface area contributed by atoms with Crippen LogP contribution in [0.25, 0.3) is 11.0 Å². The first-order valence-corrected chi connectivity index (χ1v) is 8.80. The Balaban J connectivity index is 1.42. The predicted octanol–water partition coefficient (Wildman–Crippen LogP) is 3.93. The highest BCUT2D eigenvalue weighted by molar-refractivity contribution is 5.76. The minimum absolute atomic E-state index is 0.895. The lowest BCUT2D eigenvalue weighted by atomic mass is 10.0. The van der Waals surface area contributed by atoms with E-state index in [4.69, 9.17) is 4.98 Å². The van der Waals surface area contributed by atoms with Gasteiger partial charge in [0.25, 0.3) is 0 Å². The third-order valence-electron chi connectivity index (χ3n) is 4.83. The highest BCUT2D eigenvalue weighted by Crippen LogP contribution is 2.22. The zero-order valence-corrected chi connectivity index (χ0v) is 14.2. The van der Waals surface area contributed by atoms with E-state index in [0.29, 0.717) is 0 Å². The van der Waals surface area contributed by atoms with Gasteiger partial charge in [-0.25, -0.2) is 9.97 Å². The van der Waals surface area contributed by atoms with Gasteiger partial charge in [0.2, 0.25) is 0 Å². The minimum Gasteiger partial charge on any atom is -0.299 e. The highest BCUT2D eigenvalue weighted by Gasteiger charge is 2.18. The van der Waals surface area contributed by atoms with Crippen molar-refractivity contribution in [3.8, 4) is 0 Å². The van der Waals surface area contributed by atoms with E-state index in [2.05, 4.69) is 58.4 Å². The van der Waals surface area contributed by atoms with Gasteiger partial charge < -0.3 is 0 Å². The standard InChI is InChI=1S/C21H23N3/c1-16-9-10-18-14-19-15-24(13-11-20(19)23-21(18)22-16)12-5-8-17-6-3-2-4-7-17/h2-4,6-7,9-10,14H,5,8,11-13,15H2,1H3. The van der Waals surface area contributed by atoms with Crippen molar-refractivity contribution < 1.29 is 0 Å². The molecule has 0 amide bonds. The fourth-order valence-electron chi connectivity index (χ4n) is 3.51. The van der Waals surface area contributed by atoms with Gasteiger partial charge in [-0.05, 0) is 55.6 Å². The summed E-state index contributed by atoms with van der Waals surface area (Å²) >= 11 is 0. The van der Waals surface area contributed by atoms with Crippen molar-refractivity contribution in [2.45, 2.75) is 32.7 Å². The molecule has 1 aliphatic rings. The SMILES string of the molecule is Cc1ccc2cc3c(nc2n1)CCN(CCCc1ccccc1)C3. The first-order valence-electron chi connectivity index (χ1n) is 8.80. The van der Waals surface area contributed by atoms with Crippen molar-refractivity contribution in [1.82, 2.24) is 14.9 Å². The summed E-state index contributed by atoms with van der Waals surface area (Å²) in [6.07, 6.45) is 3.40. The molecule has 0 saturated heterocycles. The number of pyridine rings is 2. The number of hydrogen-bond acceptors (Lipinski definition) is 3. The van der Waals surface area contributed by atoms with Crippen LogP contribution in [0.5, 0.6) is 0 Å². The van der Waals surface area contributed by atoms with Crippen LogP contribution in [0.4, 0.5) is 0 Å². The van der Waals surface area contributed by atoms with E-state index < -0.39 is 0 Å². The molecular formula is C21H23N3. The molecule has 2 aromatic heterocycles. The summed E-state index contributed by atoms with van der Waals surface area (Å²) in [5, 5.41) is 1.16. The molecule has 0 bridgehead atoms. The van der Waals surface area contributed by atoms with Gasteiger partial charge >= 0.3 is 0 Å². The molecule has 0 N–H and O–H groups in total. The molecule has 3 heteroatoms. The maximum atomic E-state index is 4.80. The molecule has 0 saturated carbocycles. The molecule has 122 valence electrons. The number of rotatable bonds is 4. The summed E-state index contributed by atoms with van der Waals surface area (Å²) in [6.45, 7) is 5.29. The second-order valence-corrected chi connectivity index (χ2v) is 6.71. The summed E-state index contributed by atoms with van der Waals surface area (Å²) in [6, 6.07) is 17.3. The van der Waals surface area contributed by atoms with Gasteiger partial charge in [-0.2, -0.15) is 0 Å². The molecule has 4 rings (SSSR count). The molecule has 0 spiro atoms. The molecule has 0 aliphatic carbocycles. The largest absolute Gasteiger partial charge is 0.299 e. The van der Waals surface area contributed by atoms with E-state index in [0.717, 1.165) is 49.2 Å². The van der Waals surface area contributed by atoms with Crippen LogP contribution in [0, 0.1) is 6.92 Å². The second kappa shape index (κ2) is 6.70. The number of benzene rings is 1. The molecule has 3 aromatic rings. The Labute approximate surface area is 143 Å². The Morgan fingerprint density at radius 1 is 1.04 bits per heavy atom. The third-order valence-corrected chi connectivity index (χ3v) is 4.83. The number of aromatic nitrogens is 2. The molecule has 0 radical (unpaired) electrons. The van der Waals surface area contributed by atoms with Crippen LogP contribution in [-0.2, 0) is 19.4 Å². The van der Waals surface area contributed by atoms with Crippen LogP contribution in [0.15, 0.2) is 48.5 Å². The Morgan fingerprint density at radius 2 is 1.92 bits per heavy atom. The van der Waals surface area contributed by atoms with Gasteiger partial charge in [0.05, 0.1) is 0 Å². The first kappa shape index (κ1) is 15.3. The third kappa shape index (κ3) is 3.31. The van der Waals surface area contributed by atoms with Crippen LogP contribution in [0.1, 0.15) is 28.9 Å². The molecule has 0 unspecified atom stereocenters. The quantitative estimate of drug-likeness (QED) is 0.730. The summed E-state index contributed by atoms with van der Waals surface area (Å²) in [4.78, 5) is 11.9. The van der Waals surface area contributed by atoms with E-state index in [1.54, 1.807) is 0 Å². The smallest absolute Gasteiger partial charge is 0.159 e. The van der Waals surface area contributed by atoms with Gasteiger partial charge in [-0.15, -0.1) is 0 Å². The summed E-state index contributed by atoms with van der Waals surface area (Å²) in [5.41, 5.74) is 5.97. The van der Waals surface area contributed by atoms with E-state index in [9.17, 15) is 0 Å². The van der Waals surface area contributed by atoms with Gasteiger partial charge in [0.15, 0.2) is 5.65 Å². The zero-order chi connectivity index (χ0) is 16.4. The molecular weight excluding hydrogens is 294 g/mol. The predicted molar refractivity (Wildman–Crippen MR) is 98.0 cm³/mol. The normalized spacial score (nSPS) is 14.7. The second-order valence-electron chi connectivity index (χ2n) is 6.71. The Morgan fingerprint density at radius 3 is 2.79 bits per heavy atom. The first-order chi connectivity index (χ1) is 11.8. The molecule has 3 nitrogen and oxygen atoms in total. The molecule has 1 aromatic carbocycles. The van der Waals surface area contributed by atoms with Gasteiger partial charge in [-0.1, -0.05) is 30.3 Å². The zero-order valence-electron chi connectivity index (χ0n) is 14.2. The van der Waals surface area contributed by atoms with Crippen LogP contribution in [0.3, 0.4) is 0 Å². The van der Waals surface area contributed by atoms with Crippen molar-refractivity contribution in [3.05, 3.63) is 71.0 Å². The van der Waals surface area contributed by atoms with E-state index >= 15 is 0 Å². The molecule has 3 heterocycles. The maximum Gasteiger partial charge on any atom is 0.159 e. The average Bonchev–Trinajstić information content (AvgIpc) is 2.61. The van der Waals surface area contributed by atoms with Gasteiger partial charge in [0.1, 0.15) is 0 Å². The van der Waals surface area contributed by atoms with Crippen molar-refractivity contribution in [1.29, 1.82) is 0 Å². The average molecular weight is 317 g/mol. The molecule has 24 heavy (non-hydrogen) atoms. The van der Waals surface area contributed by atoms with Crippen molar-refractivity contribution in [3.63, 3.8) is 0 Å². The lowest BCUT2D eigenvalue weighted by Crippen LogP contribution is -2.32. The summed E-state index contributed by atoms with van der Waals surface area (Å²) in [7, 11) is 0. The Kier molecular flexibility index (Phi) is 4.26. The number of nitrogens with zero attached hydrogens (tertiary/aromatic N) is 3. The summed E-state index contributed by atoms with van der Waals surface area (Å²) in [5.74, 6) is 0. The Hall–Kier alpha value is -2.26. The Bertz CT molecular complexity index is 842. The minimum atomic E-state index is 0.895. The molecule has 0 atom stereocenters. The van der Waals surface area contributed by atoms with E-state index in [-0.39, 0.29) is 0 Å². The molecule has 0 fully saturated rings. The van der Waals surface area contributed by atoms with Crippen LogP contribution >= 0.6 is 0 Å².